The van der Waals surface area contributed by atoms with Gasteiger partial charge >= 0.3 is 0 Å². The minimum Gasteiger partial charge on any atom is -0.376 e. The number of anilines is 1. The number of ether oxygens (including phenoxy) is 2. The summed E-state index contributed by atoms with van der Waals surface area (Å²) < 4.78 is 11.9. The summed E-state index contributed by atoms with van der Waals surface area (Å²) in [6.45, 7) is 4.68. The molecule has 1 aliphatic rings. The third-order valence-corrected chi connectivity index (χ3v) is 3.00. The maximum atomic E-state index is 5.56. The van der Waals surface area contributed by atoms with E-state index in [4.69, 9.17) is 9.47 Å². The monoisotopic (exact) mass is 335 g/mol. The van der Waals surface area contributed by atoms with Crippen LogP contribution in [0.5, 0.6) is 0 Å². The van der Waals surface area contributed by atoms with E-state index in [2.05, 4.69) is 37.9 Å². The van der Waals surface area contributed by atoms with E-state index in [1.54, 1.807) is 6.20 Å². The Kier molecular flexibility index (Phi) is 4.30. The summed E-state index contributed by atoms with van der Waals surface area (Å²) in [4.78, 5) is 8.73. The number of rotatable bonds is 3. The van der Waals surface area contributed by atoms with Gasteiger partial charge in [-0.2, -0.15) is 0 Å². The van der Waals surface area contributed by atoms with E-state index in [0.29, 0.717) is 25.6 Å². The van der Waals surface area contributed by atoms with E-state index < -0.39 is 0 Å². The third kappa shape index (κ3) is 2.80. The fraction of sp³-hybridized carbons (Fsp3) is 0.600. The molecule has 1 fully saturated rings. The summed E-state index contributed by atoms with van der Waals surface area (Å²) in [5.41, 5.74) is 0. The van der Waals surface area contributed by atoms with Gasteiger partial charge in [-0.1, -0.05) is 0 Å². The Bertz CT molecular complexity index is 356. The number of halogens is 1. The van der Waals surface area contributed by atoms with Crippen molar-refractivity contribution in [3.8, 4) is 0 Å². The van der Waals surface area contributed by atoms with Gasteiger partial charge < -0.3 is 14.8 Å². The summed E-state index contributed by atoms with van der Waals surface area (Å²) in [5.74, 6) is 1.55. The van der Waals surface area contributed by atoms with Gasteiger partial charge in [-0.3, -0.25) is 0 Å². The van der Waals surface area contributed by atoms with Crippen LogP contribution in [0.2, 0.25) is 0 Å². The summed E-state index contributed by atoms with van der Waals surface area (Å²) in [7, 11) is 0. The molecule has 88 valence electrons. The lowest BCUT2D eigenvalue weighted by molar-refractivity contribution is -0.0935. The molecule has 0 bridgehead atoms. The van der Waals surface area contributed by atoms with Crippen molar-refractivity contribution in [3.05, 3.63) is 15.6 Å². The van der Waals surface area contributed by atoms with Gasteiger partial charge in [-0.25, -0.2) is 9.97 Å². The highest BCUT2D eigenvalue weighted by Crippen LogP contribution is 2.21. The van der Waals surface area contributed by atoms with Crippen molar-refractivity contribution in [2.24, 2.45) is 0 Å². The summed E-state index contributed by atoms with van der Waals surface area (Å²) >= 11 is 2.21. The first-order valence-corrected chi connectivity index (χ1v) is 6.34. The lowest BCUT2D eigenvalue weighted by Gasteiger charge is -2.22. The molecular formula is C10H14IN3O2. The molecule has 1 N–H and O–H groups in total. The van der Waals surface area contributed by atoms with E-state index in [1.807, 2.05) is 6.92 Å². The zero-order valence-corrected chi connectivity index (χ0v) is 11.2. The first-order chi connectivity index (χ1) is 7.81. The number of aromatic nitrogens is 2. The first-order valence-electron chi connectivity index (χ1n) is 5.27. The van der Waals surface area contributed by atoms with Gasteiger partial charge in [0, 0.05) is 12.7 Å². The van der Waals surface area contributed by atoms with Crippen molar-refractivity contribution in [2.75, 3.05) is 31.7 Å². The van der Waals surface area contributed by atoms with Crippen molar-refractivity contribution >= 4 is 28.4 Å². The lowest BCUT2D eigenvalue weighted by atomic mass is 10.3. The molecule has 1 saturated heterocycles. The van der Waals surface area contributed by atoms with Crippen LogP contribution in [-0.2, 0) is 9.47 Å². The van der Waals surface area contributed by atoms with Gasteiger partial charge in [-0.05, 0) is 29.5 Å². The standard InChI is InChI=1S/C10H14IN3O2/c1-2-12-9-7(11)5-13-10(14-9)8-6-15-3-4-16-8/h5,8H,2-4,6H2,1H3,(H,12,13,14). The van der Waals surface area contributed by atoms with E-state index >= 15 is 0 Å². The molecular weight excluding hydrogens is 321 g/mol. The fourth-order valence-corrected chi connectivity index (χ4v) is 1.91. The SMILES string of the molecule is CCNc1nc(C2COCCO2)ncc1I. The third-order valence-electron chi connectivity index (χ3n) is 2.21. The molecule has 0 aromatic carbocycles. The predicted octanol–water partition coefficient (Wildman–Crippen LogP) is 1.60. The highest BCUT2D eigenvalue weighted by Gasteiger charge is 2.20. The van der Waals surface area contributed by atoms with Crippen LogP contribution in [0, 0.1) is 3.57 Å². The van der Waals surface area contributed by atoms with Gasteiger partial charge in [-0.15, -0.1) is 0 Å². The summed E-state index contributed by atoms with van der Waals surface area (Å²) in [6.07, 6.45) is 1.67. The number of nitrogens with one attached hydrogen (secondary N) is 1. The van der Waals surface area contributed by atoms with Crippen LogP contribution in [0.25, 0.3) is 0 Å². The first kappa shape index (κ1) is 12.0. The van der Waals surface area contributed by atoms with Gasteiger partial charge in [0.2, 0.25) is 0 Å². The molecule has 1 aliphatic heterocycles. The van der Waals surface area contributed by atoms with Crippen molar-refractivity contribution < 1.29 is 9.47 Å². The summed E-state index contributed by atoms with van der Waals surface area (Å²) in [6, 6.07) is 0. The average Bonchev–Trinajstić information content (AvgIpc) is 2.33. The normalized spacial score (nSPS) is 20.8. The van der Waals surface area contributed by atoms with Gasteiger partial charge in [0.1, 0.15) is 11.9 Å². The molecule has 16 heavy (non-hydrogen) atoms. The highest BCUT2D eigenvalue weighted by molar-refractivity contribution is 14.1. The maximum Gasteiger partial charge on any atom is 0.161 e. The van der Waals surface area contributed by atoms with Crippen molar-refractivity contribution in [2.45, 2.75) is 13.0 Å². The van der Waals surface area contributed by atoms with E-state index in [1.165, 1.54) is 0 Å². The second-order valence-corrected chi connectivity index (χ2v) is 4.55. The van der Waals surface area contributed by atoms with E-state index in [0.717, 1.165) is 15.9 Å². The molecule has 0 radical (unpaired) electrons. The molecule has 6 heteroatoms. The molecule has 1 unspecified atom stereocenters. The predicted molar refractivity (Wildman–Crippen MR) is 68.4 cm³/mol. The van der Waals surface area contributed by atoms with Gasteiger partial charge in [0.15, 0.2) is 5.82 Å². The molecule has 1 atom stereocenters. The lowest BCUT2D eigenvalue weighted by Crippen LogP contribution is -2.24. The number of hydrogen-bond donors (Lipinski definition) is 1. The molecule has 0 saturated carbocycles. The van der Waals surface area contributed by atoms with Gasteiger partial charge in [0.05, 0.1) is 23.4 Å². The zero-order chi connectivity index (χ0) is 11.4. The van der Waals surface area contributed by atoms with Gasteiger partial charge in [0.25, 0.3) is 0 Å². The molecule has 0 aliphatic carbocycles. The van der Waals surface area contributed by atoms with Crippen LogP contribution >= 0.6 is 22.6 Å². The fourth-order valence-electron chi connectivity index (χ4n) is 1.46. The van der Waals surface area contributed by atoms with Crippen LogP contribution in [0.3, 0.4) is 0 Å². The Morgan fingerprint density at radius 2 is 2.44 bits per heavy atom. The zero-order valence-electron chi connectivity index (χ0n) is 9.07. The van der Waals surface area contributed by atoms with Crippen LogP contribution < -0.4 is 5.32 Å². The molecule has 5 nitrogen and oxygen atoms in total. The smallest absolute Gasteiger partial charge is 0.161 e. The average molecular weight is 335 g/mol. The second-order valence-electron chi connectivity index (χ2n) is 3.39. The Morgan fingerprint density at radius 3 is 3.12 bits per heavy atom. The Balaban J connectivity index is 2.17. The molecule has 1 aromatic heterocycles. The molecule has 1 aromatic rings. The van der Waals surface area contributed by atoms with E-state index in [-0.39, 0.29) is 6.10 Å². The molecule has 2 heterocycles. The van der Waals surface area contributed by atoms with E-state index in [9.17, 15) is 0 Å². The number of hydrogen-bond acceptors (Lipinski definition) is 5. The second kappa shape index (κ2) is 5.74. The molecule has 0 spiro atoms. The quantitative estimate of drug-likeness (QED) is 0.851. The summed E-state index contributed by atoms with van der Waals surface area (Å²) in [5, 5.41) is 3.20. The maximum absolute atomic E-state index is 5.56. The Labute approximate surface area is 108 Å². The van der Waals surface area contributed by atoms with Crippen LogP contribution in [-0.4, -0.2) is 36.3 Å². The largest absolute Gasteiger partial charge is 0.376 e. The van der Waals surface area contributed by atoms with Crippen molar-refractivity contribution in [1.82, 2.24) is 9.97 Å². The topological polar surface area (TPSA) is 56.3 Å². The Morgan fingerprint density at radius 1 is 1.56 bits per heavy atom. The molecule has 0 amide bonds. The Hall–Kier alpha value is -0.470. The molecule has 2 rings (SSSR count). The van der Waals surface area contributed by atoms with Crippen molar-refractivity contribution in [1.29, 1.82) is 0 Å². The van der Waals surface area contributed by atoms with Crippen LogP contribution in [0.15, 0.2) is 6.20 Å². The minimum atomic E-state index is -0.136. The highest BCUT2D eigenvalue weighted by atomic mass is 127. The van der Waals surface area contributed by atoms with Crippen molar-refractivity contribution in [3.63, 3.8) is 0 Å². The van der Waals surface area contributed by atoms with Crippen LogP contribution in [0.4, 0.5) is 5.82 Å². The van der Waals surface area contributed by atoms with Crippen LogP contribution in [0.1, 0.15) is 18.9 Å². The number of nitrogens with zero attached hydrogens (tertiary/aromatic N) is 2. The minimum absolute atomic E-state index is 0.136.